The highest BCUT2D eigenvalue weighted by Gasteiger charge is 2.34. The van der Waals surface area contributed by atoms with Gasteiger partial charge in [-0.3, -0.25) is 4.79 Å². The zero-order chi connectivity index (χ0) is 22.0. The van der Waals surface area contributed by atoms with E-state index in [-0.39, 0.29) is 23.6 Å². The molecule has 0 fully saturated rings. The first kappa shape index (κ1) is 20.7. The van der Waals surface area contributed by atoms with E-state index in [0.29, 0.717) is 0 Å². The van der Waals surface area contributed by atoms with Gasteiger partial charge in [0.05, 0.1) is 11.6 Å². The largest absolute Gasteiger partial charge is 0.478 e. The lowest BCUT2D eigenvalue weighted by atomic mass is 9.87. The van der Waals surface area contributed by atoms with Crippen molar-refractivity contribution in [2.75, 3.05) is 10.2 Å². The molecule has 1 heterocycles. The molecule has 2 atom stereocenters. The van der Waals surface area contributed by atoms with E-state index in [0.717, 1.165) is 40.9 Å². The normalized spacial score (nSPS) is 17.7. The SMILES string of the molecule is CCC1C[C@H](Nc2ccccc2)c2cc(-c3ccc(C(=O)O)cc3)ccc2N1C(C)=O. The number of anilines is 2. The summed E-state index contributed by atoms with van der Waals surface area (Å²) in [6.07, 6.45) is 1.70. The monoisotopic (exact) mass is 414 g/mol. The highest BCUT2D eigenvalue weighted by molar-refractivity contribution is 5.94. The van der Waals surface area contributed by atoms with Crippen molar-refractivity contribution in [2.24, 2.45) is 0 Å². The van der Waals surface area contributed by atoms with E-state index in [2.05, 4.69) is 18.3 Å². The van der Waals surface area contributed by atoms with Crippen LogP contribution in [0, 0.1) is 0 Å². The Labute approximate surface area is 182 Å². The Bertz CT molecular complexity index is 1090. The van der Waals surface area contributed by atoms with Crippen molar-refractivity contribution in [1.29, 1.82) is 0 Å². The number of carbonyl (C=O) groups excluding carboxylic acids is 1. The number of fused-ring (bicyclic) bond motifs is 1. The topological polar surface area (TPSA) is 69.6 Å². The second-order valence-corrected chi connectivity index (χ2v) is 7.91. The molecular formula is C26H26N2O3. The lowest BCUT2D eigenvalue weighted by Gasteiger charge is -2.41. The van der Waals surface area contributed by atoms with E-state index in [4.69, 9.17) is 5.11 Å². The first-order valence-electron chi connectivity index (χ1n) is 10.6. The molecule has 5 nitrogen and oxygen atoms in total. The standard InChI is InChI=1S/C26H26N2O3/c1-3-22-16-24(27-21-7-5-4-6-8-21)23-15-20(13-14-25(23)28(22)17(2)29)18-9-11-19(12-10-18)26(30)31/h4-15,22,24,27H,3,16H2,1-2H3,(H,30,31)/t22?,24-/m0/s1. The summed E-state index contributed by atoms with van der Waals surface area (Å²) in [5.41, 5.74) is 5.25. The minimum atomic E-state index is -0.938. The Kier molecular flexibility index (Phi) is 5.76. The Hall–Kier alpha value is -3.60. The van der Waals surface area contributed by atoms with Crippen molar-refractivity contribution < 1.29 is 14.7 Å². The summed E-state index contributed by atoms with van der Waals surface area (Å²) in [6, 6.07) is 23.3. The lowest BCUT2D eigenvalue weighted by molar-refractivity contribution is -0.117. The van der Waals surface area contributed by atoms with Crippen LogP contribution in [0.5, 0.6) is 0 Å². The predicted molar refractivity (Wildman–Crippen MR) is 123 cm³/mol. The fourth-order valence-corrected chi connectivity index (χ4v) is 4.39. The molecule has 1 amide bonds. The van der Waals surface area contributed by atoms with Gasteiger partial charge in [-0.15, -0.1) is 0 Å². The van der Waals surface area contributed by atoms with Crippen LogP contribution in [0.3, 0.4) is 0 Å². The van der Waals surface area contributed by atoms with Crippen molar-refractivity contribution in [3.8, 4) is 11.1 Å². The third-order valence-electron chi connectivity index (χ3n) is 5.93. The maximum absolute atomic E-state index is 12.5. The van der Waals surface area contributed by atoms with Crippen LogP contribution < -0.4 is 10.2 Å². The van der Waals surface area contributed by atoms with Crippen LogP contribution >= 0.6 is 0 Å². The molecule has 5 heteroatoms. The van der Waals surface area contributed by atoms with Crippen LogP contribution in [0.25, 0.3) is 11.1 Å². The fraction of sp³-hybridized carbons (Fsp3) is 0.231. The molecule has 0 aromatic heterocycles. The number of para-hydroxylation sites is 1. The van der Waals surface area contributed by atoms with E-state index in [1.54, 1.807) is 19.1 Å². The number of rotatable bonds is 5. The molecule has 0 radical (unpaired) electrons. The maximum atomic E-state index is 12.5. The Morgan fingerprint density at radius 3 is 2.29 bits per heavy atom. The Morgan fingerprint density at radius 1 is 1.00 bits per heavy atom. The molecule has 1 aliphatic rings. The van der Waals surface area contributed by atoms with E-state index >= 15 is 0 Å². The molecular weight excluding hydrogens is 388 g/mol. The Morgan fingerprint density at radius 2 is 1.68 bits per heavy atom. The van der Waals surface area contributed by atoms with Gasteiger partial charge in [-0.05, 0) is 65.9 Å². The number of hydrogen-bond donors (Lipinski definition) is 2. The summed E-state index contributed by atoms with van der Waals surface area (Å²) in [5.74, 6) is -0.892. The number of aromatic carboxylic acids is 1. The van der Waals surface area contributed by atoms with Crippen molar-refractivity contribution >= 4 is 23.3 Å². The van der Waals surface area contributed by atoms with Gasteiger partial charge in [-0.2, -0.15) is 0 Å². The van der Waals surface area contributed by atoms with Crippen LogP contribution in [0.15, 0.2) is 72.8 Å². The first-order valence-corrected chi connectivity index (χ1v) is 10.6. The predicted octanol–water partition coefficient (Wildman–Crippen LogP) is 5.74. The highest BCUT2D eigenvalue weighted by atomic mass is 16.4. The van der Waals surface area contributed by atoms with Crippen LogP contribution in [0.4, 0.5) is 11.4 Å². The molecule has 4 rings (SSSR count). The van der Waals surface area contributed by atoms with E-state index in [1.165, 1.54) is 0 Å². The van der Waals surface area contributed by atoms with Crippen LogP contribution in [-0.4, -0.2) is 23.0 Å². The first-order chi connectivity index (χ1) is 15.0. The highest BCUT2D eigenvalue weighted by Crippen LogP contribution is 2.42. The quantitative estimate of drug-likeness (QED) is 0.558. The molecule has 1 unspecified atom stereocenters. The van der Waals surface area contributed by atoms with Gasteiger partial charge in [-0.1, -0.05) is 43.3 Å². The maximum Gasteiger partial charge on any atom is 0.335 e. The zero-order valence-corrected chi connectivity index (χ0v) is 17.7. The molecule has 1 aliphatic heterocycles. The van der Waals surface area contributed by atoms with E-state index in [1.807, 2.05) is 59.5 Å². The minimum Gasteiger partial charge on any atom is -0.478 e. The second kappa shape index (κ2) is 8.64. The third-order valence-corrected chi connectivity index (χ3v) is 5.93. The van der Waals surface area contributed by atoms with Gasteiger partial charge in [0.1, 0.15) is 0 Å². The van der Waals surface area contributed by atoms with Crippen molar-refractivity contribution in [1.82, 2.24) is 0 Å². The number of benzene rings is 3. The molecule has 0 aliphatic carbocycles. The zero-order valence-electron chi connectivity index (χ0n) is 17.7. The average Bonchev–Trinajstić information content (AvgIpc) is 2.79. The van der Waals surface area contributed by atoms with Gasteiger partial charge >= 0.3 is 5.97 Å². The number of nitrogens with zero attached hydrogens (tertiary/aromatic N) is 1. The Balaban J connectivity index is 1.77. The van der Waals surface area contributed by atoms with E-state index in [9.17, 15) is 9.59 Å². The van der Waals surface area contributed by atoms with Gasteiger partial charge in [0.2, 0.25) is 5.91 Å². The summed E-state index contributed by atoms with van der Waals surface area (Å²) >= 11 is 0. The minimum absolute atomic E-state index is 0.0461. The summed E-state index contributed by atoms with van der Waals surface area (Å²) in [4.78, 5) is 25.6. The molecule has 31 heavy (non-hydrogen) atoms. The number of carboxylic acid groups (broad SMARTS) is 1. The number of amides is 1. The summed E-state index contributed by atoms with van der Waals surface area (Å²) in [5, 5.41) is 12.8. The number of nitrogens with one attached hydrogen (secondary N) is 1. The number of hydrogen-bond acceptors (Lipinski definition) is 3. The lowest BCUT2D eigenvalue weighted by Crippen LogP contribution is -2.44. The second-order valence-electron chi connectivity index (χ2n) is 7.91. The molecule has 3 aromatic rings. The van der Waals surface area contributed by atoms with Crippen molar-refractivity contribution in [3.05, 3.63) is 83.9 Å². The van der Waals surface area contributed by atoms with Crippen LogP contribution in [0.1, 0.15) is 48.7 Å². The molecule has 0 spiro atoms. The van der Waals surface area contributed by atoms with Crippen molar-refractivity contribution in [3.63, 3.8) is 0 Å². The van der Waals surface area contributed by atoms with Gasteiger partial charge in [-0.25, -0.2) is 4.79 Å². The summed E-state index contributed by atoms with van der Waals surface area (Å²) in [7, 11) is 0. The molecule has 158 valence electrons. The average molecular weight is 415 g/mol. The van der Waals surface area contributed by atoms with Gasteiger partial charge in [0.15, 0.2) is 0 Å². The summed E-state index contributed by atoms with van der Waals surface area (Å²) in [6.45, 7) is 3.74. The number of carbonyl (C=O) groups is 2. The van der Waals surface area contributed by atoms with Gasteiger partial charge in [0, 0.05) is 24.3 Å². The molecule has 0 saturated heterocycles. The van der Waals surface area contributed by atoms with E-state index < -0.39 is 5.97 Å². The third kappa shape index (κ3) is 4.17. The fourth-order valence-electron chi connectivity index (χ4n) is 4.39. The molecule has 0 bridgehead atoms. The molecule has 0 saturated carbocycles. The smallest absolute Gasteiger partial charge is 0.335 e. The van der Waals surface area contributed by atoms with Crippen molar-refractivity contribution in [2.45, 2.75) is 38.8 Å². The number of carboxylic acids is 1. The van der Waals surface area contributed by atoms with Gasteiger partial charge < -0.3 is 15.3 Å². The van der Waals surface area contributed by atoms with Crippen LogP contribution in [0.2, 0.25) is 0 Å². The molecule has 3 aromatic carbocycles. The molecule has 2 N–H and O–H groups in total. The summed E-state index contributed by atoms with van der Waals surface area (Å²) < 4.78 is 0. The van der Waals surface area contributed by atoms with Gasteiger partial charge in [0.25, 0.3) is 0 Å². The van der Waals surface area contributed by atoms with Crippen LogP contribution in [-0.2, 0) is 4.79 Å².